The van der Waals surface area contributed by atoms with Gasteiger partial charge in [-0.25, -0.2) is 4.98 Å². The number of hydrogen-bond donors (Lipinski definition) is 0. The molecule has 6 heteroatoms. The van der Waals surface area contributed by atoms with Crippen LogP contribution >= 0.6 is 0 Å². The van der Waals surface area contributed by atoms with Gasteiger partial charge in [0, 0.05) is 43.5 Å². The summed E-state index contributed by atoms with van der Waals surface area (Å²) in [6.45, 7) is 4.83. The molecule has 0 bridgehead atoms. The maximum atomic E-state index is 12.1. The molecule has 0 fully saturated rings. The molecular formula is C25H29N3O3. The zero-order chi connectivity index (χ0) is 21.5. The van der Waals surface area contributed by atoms with Crippen LogP contribution in [0.1, 0.15) is 30.4 Å². The lowest BCUT2D eigenvalue weighted by Crippen LogP contribution is -2.30. The van der Waals surface area contributed by atoms with Crippen molar-refractivity contribution in [3.63, 3.8) is 0 Å². The number of esters is 1. The molecule has 0 amide bonds. The Labute approximate surface area is 183 Å². The van der Waals surface area contributed by atoms with Crippen molar-refractivity contribution in [2.75, 3.05) is 31.2 Å². The number of fused-ring (bicyclic) bond motifs is 1. The highest BCUT2D eigenvalue weighted by Crippen LogP contribution is 2.40. The van der Waals surface area contributed by atoms with E-state index in [0.29, 0.717) is 19.1 Å². The van der Waals surface area contributed by atoms with E-state index in [2.05, 4.69) is 38.7 Å². The molecule has 0 aliphatic carbocycles. The van der Waals surface area contributed by atoms with Crippen LogP contribution in [0.5, 0.6) is 5.75 Å². The van der Waals surface area contributed by atoms with Gasteiger partial charge in [-0.2, -0.15) is 0 Å². The second-order valence-corrected chi connectivity index (χ2v) is 7.78. The molecular weight excluding hydrogens is 390 g/mol. The Balaban J connectivity index is 1.45. The first-order chi connectivity index (χ1) is 15.2. The maximum absolute atomic E-state index is 12.1. The number of aromatic nitrogens is 2. The first kappa shape index (κ1) is 21.0. The van der Waals surface area contributed by atoms with E-state index in [-0.39, 0.29) is 12.5 Å². The molecule has 1 unspecified atom stereocenters. The van der Waals surface area contributed by atoms with Crippen molar-refractivity contribution >= 4 is 11.7 Å². The maximum Gasteiger partial charge on any atom is 0.325 e. The number of nitrogens with zero attached hydrogens (tertiary/aromatic N) is 3. The molecule has 0 saturated heterocycles. The number of carbonyl (C=O) groups is 1. The van der Waals surface area contributed by atoms with Crippen molar-refractivity contribution in [2.45, 2.75) is 32.2 Å². The zero-order valence-corrected chi connectivity index (χ0v) is 17.9. The highest BCUT2D eigenvalue weighted by atomic mass is 16.5. The van der Waals surface area contributed by atoms with Crippen LogP contribution in [0, 0.1) is 0 Å². The lowest BCUT2D eigenvalue weighted by atomic mass is 9.97. The first-order valence-electron chi connectivity index (χ1n) is 10.9. The van der Waals surface area contributed by atoms with E-state index in [4.69, 9.17) is 9.47 Å². The quantitative estimate of drug-likeness (QED) is 0.464. The fourth-order valence-corrected chi connectivity index (χ4v) is 4.11. The summed E-state index contributed by atoms with van der Waals surface area (Å²) in [7, 11) is 0. The lowest BCUT2D eigenvalue weighted by molar-refractivity contribution is -0.141. The lowest BCUT2D eigenvalue weighted by Gasteiger charge is -2.19. The molecule has 0 N–H and O–H groups in total. The largest absolute Gasteiger partial charge is 0.493 e. The highest BCUT2D eigenvalue weighted by molar-refractivity contribution is 5.78. The summed E-state index contributed by atoms with van der Waals surface area (Å²) in [4.78, 5) is 18.4. The fourth-order valence-electron chi connectivity index (χ4n) is 4.11. The highest BCUT2D eigenvalue weighted by Gasteiger charge is 2.30. The minimum atomic E-state index is -0.188. The second kappa shape index (κ2) is 10.2. The Kier molecular flexibility index (Phi) is 6.87. The summed E-state index contributed by atoms with van der Waals surface area (Å²) >= 11 is 0. The Morgan fingerprint density at radius 3 is 2.84 bits per heavy atom. The third-order valence-corrected chi connectivity index (χ3v) is 5.64. The van der Waals surface area contributed by atoms with Crippen LogP contribution in [0.2, 0.25) is 0 Å². The molecule has 162 valence electrons. The molecule has 4 rings (SSSR count). The summed E-state index contributed by atoms with van der Waals surface area (Å²) in [6, 6.07) is 16.6. The number of hydrogen-bond acceptors (Lipinski definition) is 5. The van der Waals surface area contributed by atoms with Crippen LogP contribution in [0.15, 0.2) is 67.3 Å². The number of carbonyl (C=O) groups excluding carboxylic acids is 1. The Bertz CT molecular complexity index is 973. The van der Waals surface area contributed by atoms with Crippen molar-refractivity contribution in [3.05, 3.63) is 78.4 Å². The Hall–Kier alpha value is -3.28. The van der Waals surface area contributed by atoms with Crippen molar-refractivity contribution < 1.29 is 14.3 Å². The van der Waals surface area contributed by atoms with Gasteiger partial charge in [0.15, 0.2) is 0 Å². The molecule has 0 radical (unpaired) electrons. The standard InChI is InChI=1S/C25H29N3O3/c1-2-30-25(29)18-28-17-21(10-13-27-14-12-26-19-27)23-16-22(8-9-24(23)28)31-15-11-20-6-4-3-5-7-20/h3-9,12,14,16,19,21H,2,10-11,13,15,17-18H2,1H3. The van der Waals surface area contributed by atoms with Gasteiger partial charge in [-0.1, -0.05) is 30.3 Å². The van der Waals surface area contributed by atoms with Crippen molar-refractivity contribution in [2.24, 2.45) is 0 Å². The second-order valence-electron chi connectivity index (χ2n) is 7.78. The molecule has 0 spiro atoms. The van der Waals surface area contributed by atoms with E-state index < -0.39 is 0 Å². The first-order valence-corrected chi connectivity index (χ1v) is 10.9. The minimum Gasteiger partial charge on any atom is -0.493 e. The Morgan fingerprint density at radius 1 is 1.19 bits per heavy atom. The number of imidazole rings is 1. The molecule has 3 aromatic rings. The minimum absolute atomic E-state index is 0.188. The number of benzene rings is 2. The predicted octanol–water partition coefficient (Wildman–Crippen LogP) is 4.06. The number of anilines is 1. The summed E-state index contributed by atoms with van der Waals surface area (Å²) in [5, 5.41) is 0. The van der Waals surface area contributed by atoms with Gasteiger partial charge in [-0.05, 0) is 42.7 Å². The average molecular weight is 420 g/mol. The summed E-state index contributed by atoms with van der Waals surface area (Å²) in [6.07, 6.45) is 7.46. The molecule has 31 heavy (non-hydrogen) atoms. The molecule has 6 nitrogen and oxygen atoms in total. The molecule has 0 saturated carbocycles. The third-order valence-electron chi connectivity index (χ3n) is 5.64. The normalized spacial score (nSPS) is 15.0. The van der Waals surface area contributed by atoms with Crippen LogP contribution in [0.25, 0.3) is 0 Å². The van der Waals surface area contributed by atoms with Gasteiger partial charge in [0.25, 0.3) is 0 Å². The molecule has 1 aliphatic rings. The zero-order valence-electron chi connectivity index (χ0n) is 17.9. The average Bonchev–Trinajstić information content (AvgIpc) is 3.41. The third kappa shape index (κ3) is 5.45. The number of aryl methyl sites for hydroxylation is 1. The SMILES string of the molecule is CCOC(=O)CN1CC(CCn2ccnc2)c2cc(OCCc3ccccc3)ccc21. The summed E-state index contributed by atoms with van der Waals surface area (Å²) < 4.78 is 13.3. The monoisotopic (exact) mass is 419 g/mol. The molecule has 2 heterocycles. The van der Waals surface area contributed by atoms with Crippen LogP contribution in [0.4, 0.5) is 5.69 Å². The van der Waals surface area contributed by atoms with Crippen LogP contribution in [0.3, 0.4) is 0 Å². The van der Waals surface area contributed by atoms with Gasteiger partial charge in [-0.15, -0.1) is 0 Å². The predicted molar refractivity (Wildman–Crippen MR) is 121 cm³/mol. The number of rotatable bonds is 10. The van der Waals surface area contributed by atoms with E-state index in [0.717, 1.165) is 37.4 Å². The van der Waals surface area contributed by atoms with Gasteiger partial charge >= 0.3 is 5.97 Å². The van der Waals surface area contributed by atoms with Gasteiger partial charge < -0.3 is 18.9 Å². The van der Waals surface area contributed by atoms with Gasteiger partial charge in [0.05, 0.1) is 19.5 Å². The van der Waals surface area contributed by atoms with E-state index >= 15 is 0 Å². The summed E-state index contributed by atoms with van der Waals surface area (Å²) in [5.74, 6) is 1.01. The molecule has 1 aromatic heterocycles. The summed E-state index contributed by atoms with van der Waals surface area (Å²) in [5.41, 5.74) is 3.60. The number of ether oxygens (including phenoxy) is 2. The van der Waals surface area contributed by atoms with E-state index in [1.54, 1.807) is 6.20 Å². The van der Waals surface area contributed by atoms with Gasteiger partial charge in [-0.3, -0.25) is 4.79 Å². The molecule has 1 atom stereocenters. The van der Waals surface area contributed by atoms with E-state index in [9.17, 15) is 4.79 Å². The van der Waals surface area contributed by atoms with Crippen LogP contribution in [-0.2, 0) is 22.5 Å². The topological polar surface area (TPSA) is 56.6 Å². The van der Waals surface area contributed by atoms with Gasteiger partial charge in [0.2, 0.25) is 0 Å². The molecule has 2 aromatic carbocycles. The van der Waals surface area contributed by atoms with E-state index in [1.807, 2.05) is 43.7 Å². The van der Waals surface area contributed by atoms with E-state index in [1.165, 1.54) is 11.1 Å². The fraction of sp³-hybridized carbons (Fsp3) is 0.360. The molecule has 1 aliphatic heterocycles. The van der Waals surface area contributed by atoms with Crippen molar-refractivity contribution in [1.82, 2.24) is 9.55 Å². The Morgan fingerprint density at radius 2 is 2.06 bits per heavy atom. The van der Waals surface area contributed by atoms with Crippen molar-refractivity contribution in [1.29, 1.82) is 0 Å². The van der Waals surface area contributed by atoms with Crippen LogP contribution < -0.4 is 9.64 Å². The van der Waals surface area contributed by atoms with Crippen molar-refractivity contribution in [3.8, 4) is 5.75 Å². The van der Waals surface area contributed by atoms with Gasteiger partial charge in [0.1, 0.15) is 12.3 Å². The smallest absolute Gasteiger partial charge is 0.325 e. The van der Waals surface area contributed by atoms with Crippen LogP contribution in [-0.4, -0.2) is 41.8 Å².